The maximum absolute atomic E-state index is 12.4. The molecule has 1 saturated heterocycles. The molecule has 1 aliphatic heterocycles. The van der Waals surface area contributed by atoms with Crippen LogP contribution in [0.4, 0.5) is 0 Å². The standard InChI is InChI=1S/C19H26N2O4/c1-3-14(2)18(23)20-12-17(22)21-11-7-10-16(21)19(24)25-13-15-8-5-4-6-9-15/h4-6,8-9,14,16H,3,7,10-13H2,1-2H3,(H,20,23)/t14-,16-/m0/s1. The largest absolute Gasteiger partial charge is 0.459 e. The summed E-state index contributed by atoms with van der Waals surface area (Å²) in [4.78, 5) is 38.0. The van der Waals surface area contributed by atoms with Crippen LogP contribution in [0.15, 0.2) is 30.3 Å². The lowest BCUT2D eigenvalue weighted by atomic mass is 10.1. The van der Waals surface area contributed by atoms with E-state index in [1.165, 1.54) is 4.90 Å². The maximum Gasteiger partial charge on any atom is 0.329 e. The Bertz CT molecular complexity index is 603. The van der Waals surface area contributed by atoms with E-state index in [1.807, 2.05) is 44.2 Å². The van der Waals surface area contributed by atoms with E-state index >= 15 is 0 Å². The third-order valence-corrected chi connectivity index (χ3v) is 4.54. The lowest BCUT2D eigenvalue weighted by Crippen LogP contribution is -2.46. The minimum absolute atomic E-state index is 0.0777. The number of esters is 1. The molecule has 0 unspecified atom stereocenters. The number of carbonyl (C=O) groups is 3. The highest BCUT2D eigenvalue weighted by atomic mass is 16.5. The summed E-state index contributed by atoms with van der Waals surface area (Å²) in [6, 6.07) is 8.88. The Morgan fingerprint density at radius 2 is 2.00 bits per heavy atom. The summed E-state index contributed by atoms with van der Waals surface area (Å²) in [7, 11) is 0. The monoisotopic (exact) mass is 346 g/mol. The molecule has 6 nitrogen and oxygen atoms in total. The summed E-state index contributed by atoms with van der Waals surface area (Å²) < 4.78 is 5.35. The zero-order chi connectivity index (χ0) is 18.2. The molecule has 0 aromatic heterocycles. The van der Waals surface area contributed by atoms with E-state index in [1.54, 1.807) is 0 Å². The molecule has 6 heteroatoms. The van der Waals surface area contributed by atoms with Crippen molar-refractivity contribution in [3.8, 4) is 0 Å². The van der Waals surface area contributed by atoms with E-state index in [0.29, 0.717) is 13.0 Å². The summed E-state index contributed by atoms with van der Waals surface area (Å²) >= 11 is 0. The molecule has 0 aliphatic carbocycles. The zero-order valence-corrected chi connectivity index (χ0v) is 14.9. The molecule has 2 rings (SSSR count). The Hall–Kier alpha value is -2.37. The molecule has 136 valence electrons. The van der Waals surface area contributed by atoms with E-state index in [9.17, 15) is 14.4 Å². The quantitative estimate of drug-likeness (QED) is 0.765. The molecular weight excluding hydrogens is 320 g/mol. The summed E-state index contributed by atoms with van der Waals surface area (Å²) in [5.41, 5.74) is 0.910. The van der Waals surface area contributed by atoms with Crippen molar-refractivity contribution in [2.45, 2.75) is 45.8 Å². The second-order valence-electron chi connectivity index (χ2n) is 6.37. The predicted octanol–water partition coefficient (Wildman–Crippen LogP) is 1.88. The number of ether oxygens (including phenoxy) is 1. The van der Waals surface area contributed by atoms with Crippen molar-refractivity contribution < 1.29 is 19.1 Å². The van der Waals surface area contributed by atoms with Crippen LogP contribution in [-0.4, -0.2) is 41.8 Å². The van der Waals surface area contributed by atoms with Crippen molar-refractivity contribution in [3.63, 3.8) is 0 Å². The summed E-state index contributed by atoms with van der Waals surface area (Å²) in [6.07, 6.45) is 2.08. The molecule has 1 aromatic carbocycles. The molecule has 1 fully saturated rings. The first-order valence-corrected chi connectivity index (χ1v) is 8.80. The van der Waals surface area contributed by atoms with Gasteiger partial charge in [-0.3, -0.25) is 9.59 Å². The van der Waals surface area contributed by atoms with E-state index in [0.717, 1.165) is 18.4 Å². The number of hydrogen-bond acceptors (Lipinski definition) is 4. The van der Waals surface area contributed by atoms with Gasteiger partial charge in [0.05, 0.1) is 6.54 Å². The number of rotatable bonds is 7. The minimum atomic E-state index is -0.559. The van der Waals surface area contributed by atoms with Crippen molar-refractivity contribution in [2.75, 3.05) is 13.1 Å². The topological polar surface area (TPSA) is 75.7 Å². The highest BCUT2D eigenvalue weighted by Crippen LogP contribution is 2.19. The van der Waals surface area contributed by atoms with Gasteiger partial charge in [-0.1, -0.05) is 44.2 Å². The van der Waals surface area contributed by atoms with Crippen LogP contribution in [-0.2, 0) is 25.7 Å². The third kappa shape index (κ3) is 5.31. The van der Waals surface area contributed by atoms with Crippen molar-refractivity contribution in [2.24, 2.45) is 5.92 Å². The normalized spacial score (nSPS) is 17.8. The van der Waals surface area contributed by atoms with Gasteiger partial charge in [-0.2, -0.15) is 0 Å². The van der Waals surface area contributed by atoms with Crippen LogP contribution in [0.2, 0.25) is 0 Å². The van der Waals surface area contributed by atoms with Gasteiger partial charge in [0.2, 0.25) is 11.8 Å². The first kappa shape index (κ1) is 19.0. The summed E-state index contributed by atoms with van der Waals surface area (Å²) in [5, 5.41) is 2.65. The molecule has 25 heavy (non-hydrogen) atoms. The molecule has 1 heterocycles. The number of benzene rings is 1. The molecule has 1 aromatic rings. The number of carbonyl (C=O) groups excluding carboxylic acids is 3. The van der Waals surface area contributed by atoms with Gasteiger partial charge < -0.3 is 15.0 Å². The van der Waals surface area contributed by atoms with Crippen LogP contribution < -0.4 is 5.32 Å². The average Bonchev–Trinajstić information content (AvgIpc) is 3.14. The number of nitrogens with one attached hydrogen (secondary N) is 1. The molecule has 0 spiro atoms. The third-order valence-electron chi connectivity index (χ3n) is 4.54. The Labute approximate surface area is 148 Å². The van der Waals surface area contributed by atoms with Crippen molar-refractivity contribution in [1.82, 2.24) is 10.2 Å². The van der Waals surface area contributed by atoms with Gasteiger partial charge in [-0.25, -0.2) is 4.79 Å². The SMILES string of the molecule is CC[C@H](C)C(=O)NCC(=O)N1CCC[C@H]1C(=O)OCc1ccccc1. The van der Waals surface area contributed by atoms with Gasteiger partial charge in [0.1, 0.15) is 12.6 Å². The first-order valence-electron chi connectivity index (χ1n) is 8.80. The Kier molecular flexibility index (Phi) is 6.98. The van der Waals surface area contributed by atoms with Crippen molar-refractivity contribution in [1.29, 1.82) is 0 Å². The van der Waals surface area contributed by atoms with Crippen LogP contribution in [0.5, 0.6) is 0 Å². The number of likely N-dealkylation sites (tertiary alicyclic amines) is 1. The maximum atomic E-state index is 12.4. The van der Waals surface area contributed by atoms with Gasteiger partial charge in [0.15, 0.2) is 0 Å². The second kappa shape index (κ2) is 9.20. The van der Waals surface area contributed by atoms with Gasteiger partial charge >= 0.3 is 5.97 Å². The fourth-order valence-electron chi connectivity index (χ4n) is 2.76. The van der Waals surface area contributed by atoms with Crippen LogP contribution in [0.25, 0.3) is 0 Å². The van der Waals surface area contributed by atoms with Gasteiger partial charge in [-0.05, 0) is 24.8 Å². The predicted molar refractivity (Wildman–Crippen MR) is 93.4 cm³/mol. The zero-order valence-electron chi connectivity index (χ0n) is 14.9. The van der Waals surface area contributed by atoms with E-state index < -0.39 is 6.04 Å². The molecule has 1 N–H and O–H groups in total. The molecular formula is C19H26N2O4. The lowest BCUT2D eigenvalue weighted by Gasteiger charge is -2.23. The fourth-order valence-corrected chi connectivity index (χ4v) is 2.76. The van der Waals surface area contributed by atoms with Gasteiger partial charge in [0, 0.05) is 12.5 Å². The average molecular weight is 346 g/mol. The second-order valence-corrected chi connectivity index (χ2v) is 6.37. The number of hydrogen-bond donors (Lipinski definition) is 1. The summed E-state index contributed by atoms with van der Waals surface area (Å²) in [6.45, 7) is 4.38. The molecule has 0 bridgehead atoms. The Balaban J connectivity index is 1.84. The fraction of sp³-hybridized carbons (Fsp3) is 0.526. The Morgan fingerprint density at radius 3 is 2.68 bits per heavy atom. The summed E-state index contributed by atoms with van der Waals surface area (Å²) in [5.74, 6) is -0.893. The van der Waals surface area contributed by atoms with E-state index in [4.69, 9.17) is 4.74 Å². The molecule has 2 amide bonds. The van der Waals surface area contributed by atoms with Crippen LogP contribution in [0, 0.1) is 5.92 Å². The molecule has 0 saturated carbocycles. The molecule has 2 atom stereocenters. The Morgan fingerprint density at radius 1 is 1.28 bits per heavy atom. The highest BCUT2D eigenvalue weighted by Gasteiger charge is 2.35. The highest BCUT2D eigenvalue weighted by molar-refractivity contribution is 5.89. The van der Waals surface area contributed by atoms with Gasteiger partial charge in [0.25, 0.3) is 0 Å². The number of nitrogens with zero attached hydrogens (tertiary/aromatic N) is 1. The molecule has 1 aliphatic rings. The van der Waals surface area contributed by atoms with Crippen molar-refractivity contribution in [3.05, 3.63) is 35.9 Å². The van der Waals surface area contributed by atoms with Crippen LogP contribution >= 0.6 is 0 Å². The minimum Gasteiger partial charge on any atom is -0.459 e. The lowest BCUT2D eigenvalue weighted by molar-refractivity contribution is -0.154. The van der Waals surface area contributed by atoms with E-state index in [2.05, 4.69) is 5.32 Å². The first-order chi connectivity index (χ1) is 12.0. The van der Waals surface area contributed by atoms with Gasteiger partial charge in [-0.15, -0.1) is 0 Å². The van der Waals surface area contributed by atoms with Crippen LogP contribution in [0.1, 0.15) is 38.7 Å². The molecule has 0 radical (unpaired) electrons. The smallest absolute Gasteiger partial charge is 0.329 e. The van der Waals surface area contributed by atoms with Crippen molar-refractivity contribution >= 4 is 17.8 Å². The number of amides is 2. The van der Waals surface area contributed by atoms with E-state index in [-0.39, 0.29) is 36.9 Å². The van der Waals surface area contributed by atoms with Crippen LogP contribution in [0.3, 0.4) is 0 Å².